The number of aryl methyl sites for hydroxylation is 1. The summed E-state index contributed by atoms with van der Waals surface area (Å²) < 4.78 is 6.09. The number of hydrogen-bond donors (Lipinski definition) is 1. The van der Waals surface area contributed by atoms with Crippen LogP contribution in [0.25, 0.3) is 0 Å². The van der Waals surface area contributed by atoms with E-state index in [1.807, 2.05) is 12.1 Å². The molecular weight excluding hydrogens is 402 g/mol. The number of fused-ring (bicyclic) bond motifs is 1. The summed E-state index contributed by atoms with van der Waals surface area (Å²) in [6, 6.07) is 7.20. The maximum atomic E-state index is 12.6. The van der Waals surface area contributed by atoms with E-state index < -0.39 is 0 Å². The van der Waals surface area contributed by atoms with Gasteiger partial charge in [-0.25, -0.2) is 4.79 Å². The third-order valence-corrected chi connectivity index (χ3v) is 5.92. The first-order valence-electron chi connectivity index (χ1n) is 8.48. The van der Waals surface area contributed by atoms with Crippen molar-refractivity contribution in [2.75, 3.05) is 11.9 Å². The largest absolute Gasteiger partial charge is 0.462 e. The van der Waals surface area contributed by atoms with Gasteiger partial charge in [-0.2, -0.15) is 0 Å². The van der Waals surface area contributed by atoms with Gasteiger partial charge < -0.3 is 10.1 Å². The Morgan fingerprint density at radius 1 is 1.24 bits per heavy atom. The molecule has 0 atom stereocenters. The minimum atomic E-state index is -0.341. The maximum Gasteiger partial charge on any atom is 0.341 e. The first kappa shape index (κ1) is 18.1. The zero-order valence-corrected chi connectivity index (χ0v) is 16.5. The molecule has 0 spiro atoms. The average Bonchev–Trinajstić information content (AvgIpc) is 2.76. The molecule has 0 aliphatic heterocycles. The molecule has 6 heteroatoms. The molecule has 1 amide bonds. The minimum Gasteiger partial charge on any atom is -0.462 e. The van der Waals surface area contributed by atoms with Gasteiger partial charge >= 0.3 is 5.97 Å². The first-order chi connectivity index (χ1) is 12.1. The number of carbonyl (C=O) groups excluding carboxylic acids is 2. The third-order valence-electron chi connectivity index (χ3n) is 4.21. The van der Waals surface area contributed by atoms with Gasteiger partial charge in [-0.05, 0) is 56.4 Å². The first-order valence-corrected chi connectivity index (χ1v) is 10.1. The fourth-order valence-corrected chi connectivity index (χ4v) is 4.73. The molecule has 25 heavy (non-hydrogen) atoms. The second-order valence-corrected chi connectivity index (χ2v) is 7.97. The van der Waals surface area contributed by atoms with Gasteiger partial charge in [0.2, 0.25) is 0 Å². The van der Waals surface area contributed by atoms with Crippen LogP contribution in [0.3, 0.4) is 0 Å². The lowest BCUT2D eigenvalue weighted by atomic mass is 10.1. The van der Waals surface area contributed by atoms with Crippen LogP contribution in [0.1, 0.15) is 57.3 Å². The van der Waals surface area contributed by atoms with Gasteiger partial charge in [0, 0.05) is 14.9 Å². The highest BCUT2D eigenvalue weighted by molar-refractivity contribution is 9.10. The van der Waals surface area contributed by atoms with Crippen molar-refractivity contribution in [1.82, 2.24) is 0 Å². The minimum absolute atomic E-state index is 0.219. The molecule has 1 N–H and O–H groups in total. The molecule has 1 aliphatic carbocycles. The van der Waals surface area contributed by atoms with Gasteiger partial charge in [0.1, 0.15) is 5.00 Å². The summed E-state index contributed by atoms with van der Waals surface area (Å²) in [5.41, 5.74) is 2.16. The number of esters is 1. The average molecular weight is 422 g/mol. The summed E-state index contributed by atoms with van der Waals surface area (Å²) in [6.45, 7) is 2.12. The lowest BCUT2D eigenvalue weighted by molar-refractivity contribution is 0.0527. The third kappa shape index (κ3) is 4.12. The van der Waals surface area contributed by atoms with Gasteiger partial charge in [0.25, 0.3) is 5.91 Å². The molecule has 0 fully saturated rings. The second kappa shape index (κ2) is 8.15. The van der Waals surface area contributed by atoms with Crippen molar-refractivity contribution in [3.63, 3.8) is 0 Å². The Morgan fingerprint density at radius 3 is 2.80 bits per heavy atom. The van der Waals surface area contributed by atoms with E-state index in [9.17, 15) is 9.59 Å². The van der Waals surface area contributed by atoms with Crippen LogP contribution < -0.4 is 5.32 Å². The smallest absolute Gasteiger partial charge is 0.341 e. The Kier molecular flexibility index (Phi) is 5.91. The van der Waals surface area contributed by atoms with Crippen LogP contribution in [-0.4, -0.2) is 18.5 Å². The quantitative estimate of drug-likeness (QED) is 0.544. The molecule has 0 bridgehead atoms. The standard InChI is InChI=1S/C19H20BrNO3S/c1-2-24-19(23)16-14-9-4-3-5-10-15(14)25-18(16)21-17(22)12-7-6-8-13(20)11-12/h6-8,11H,2-5,9-10H2,1H3,(H,21,22). The summed E-state index contributed by atoms with van der Waals surface area (Å²) in [5, 5.41) is 3.54. The number of carbonyl (C=O) groups is 2. The molecule has 132 valence electrons. The highest BCUT2D eigenvalue weighted by atomic mass is 79.9. The highest BCUT2D eigenvalue weighted by Gasteiger charge is 2.26. The van der Waals surface area contributed by atoms with Gasteiger partial charge in [-0.15, -0.1) is 11.3 Å². The SMILES string of the molecule is CCOC(=O)c1c(NC(=O)c2cccc(Br)c2)sc2c1CCCCC2. The van der Waals surface area contributed by atoms with Gasteiger partial charge in [-0.1, -0.05) is 28.4 Å². The Morgan fingerprint density at radius 2 is 2.04 bits per heavy atom. The molecule has 0 unspecified atom stereocenters. The predicted molar refractivity (Wildman–Crippen MR) is 104 cm³/mol. The maximum absolute atomic E-state index is 12.6. The van der Waals surface area contributed by atoms with E-state index in [4.69, 9.17) is 4.74 Å². The zero-order valence-electron chi connectivity index (χ0n) is 14.1. The van der Waals surface area contributed by atoms with E-state index in [2.05, 4.69) is 21.2 Å². The normalized spacial score (nSPS) is 13.7. The van der Waals surface area contributed by atoms with Crippen LogP contribution >= 0.6 is 27.3 Å². The monoisotopic (exact) mass is 421 g/mol. The number of rotatable bonds is 4. The van der Waals surface area contributed by atoms with Crippen LogP contribution in [0.15, 0.2) is 28.7 Å². The fourth-order valence-electron chi connectivity index (χ4n) is 3.05. The Bertz CT molecular complexity index is 800. The molecule has 0 saturated carbocycles. The molecule has 0 saturated heterocycles. The summed E-state index contributed by atoms with van der Waals surface area (Å²) >= 11 is 4.89. The fraction of sp³-hybridized carbons (Fsp3) is 0.368. The van der Waals surface area contributed by atoms with Gasteiger partial charge in [0.15, 0.2) is 0 Å². The van der Waals surface area contributed by atoms with Crippen LogP contribution in [0.2, 0.25) is 0 Å². The topological polar surface area (TPSA) is 55.4 Å². The van der Waals surface area contributed by atoms with Crippen molar-refractivity contribution in [3.8, 4) is 0 Å². The Balaban J connectivity index is 1.94. The number of amides is 1. The van der Waals surface area contributed by atoms with E-state index >= 15 is 0 Å². The number of nitrogens with one attached hydrogen (secondary N) is 1. The van der Waals surface area contributed by atoms with E-state index in [0.717, 1.165) is 35.7 Å². The summed E-state index contributed by atoms with van der Waals surface area (Å²) in [5.74, 6) is -0.560. The van der Waals surface area contributed by atoms with E-state index in [1.54, 1.807) is 19.1 Å². The lowest BCUT2D eigenvalue weighted by Gasteiger charge is -2.08. The van der Waals surface area contributed by atoms with Crippen molar-refractivity contribution < 1.29 is 14.3 Å². The Hall–Kier alpha value is -1.66. The molecule has 1 heterocycles. The number of halogens is 1. The zero-order chi connectivity index (χ0) is 17.8. The van der Waals surface area contributed by atoms with E-state index in [1.165, 1.54) is 22.6 Å². The van der Waals surface area contributed by atoms with E-state index in [0.29, 0.717) is 22.7 Å². The molecule has 1 aliphatic rings. The molecule has 0 radical (unpaired) electrons. The van der Waals surface area contributed by atoms with Crippen molar-refractivity contribution in [2.45, 2.75) is 39.0 Å². The number of anilines is 1. The summed E-state index contributed by atoms with van der Waals surface area (Å²) in [4.78, 5) is 26.3. The number of hydrogen-bond acceptors (Lipinski definition) is 4. The van der Waals surface area contributed by atoms with Crippen LogP contribution in [0.5, 0.6) is 0 Å². The predicted octanol–water partition coefficient (Wildman–Crippen LogP) is 5.21. The van der Waals surface area contributed by atoms with Crippen molar-refractivity contribution in [3.05, 3.63) is 50.3 Å². The molecule has 3 rings (SSSR count). The summed E-state index contributed by atoms with van der Waals surface area (Å²) in [7, 11) is 0. The van der Waals surface area contributed by atoms with Crippen molar-refractivity contribution >= 4 is 44.1 Å². The molecule has 4 nitrogen and oxygen atoms in total. The van der Waals surface area contributed by atoms with Gasteiger partial charge in [-0.3, -0.25) is 4.79 Å². The van der Waals surface area contributed by atoms with Gasteiger partial charge in [0.05, 0.1) is 12.2 Å². The molecular formula is C19H20BrNO3S. The van der Waals surface area contributed by atoms with E-state index in [-0.39, 0.29) is 11.9 Å². The number of benzene rings is 1. The van der Waals surface area contributed by atoms with Crippen LogP contribution in [-0.2, 0) is 17.6 Å². The van der Waals surface area contributed by atoms with Crippen LogP contribution in [0.4, 0.5) is 5.00 Å². The number of ether oxygens (including phenoxy) is 1. The van der Waals surface area contributed by atoms with Crippen molar-refractivity contribution in [2.24, 2.45) is 0 Å². The highest BCUT2D eigenvalue weighted by Crippen LogP contribution is 2.38. The molecule has 1 aromatic carbocycles. The molecule has 2 aromatic rings. The lowest BCUT2D eigenvalue weighted by Crippen LogP contribution is -2.15. The summed E-state index contributed by atoms with van der Waals surface area (Å²) in [6.07, 6.45) is 5.18. The number of thiophene rings is 1. The Labute approximate surface area is 159 Å². The van der Waals surface area contributed by atoms with Crippen LogP contribution in [0, 0.1) is 0 Å². The second-order valence-electron chi connectivity index (χ2n) is 5.95. The molecule has 1 aromatic heterocycles. The van der Waals surface area contributed by atoms with Crippen molar-refractivity contribution in [1.29, 1.82) is 0 Å².